The van der Waals surface area contributed by atoms with Crippen molar-refractivity contribution in [2.45, 2.75) is 39.8 Å². The number of non-ortho nitro benzene ring substituents is 1. The molecule has 0 aliphatic heterocycles. The average molecular weight is 412 g/mol. The van der Waals surface area contributed by atoms with Crippen LogP contribution in [0.3, 0.4) is 0 Å². The number of para-hydroxylation sites is 1. The summed E-state index contributed by atoms with van der Waals surface area (Å²) in [7, 11) is -2.80. The van der Waals surface area contributed by atoms with Crippen molar-refractivity contribution in [3.8, 4) is 5.75 Å². The van der Waals surface area contributed by atoms with Gasteiger partial charge in [0.05, 0.1) is 10.6 Å². The van der Waals surface area contributed by atoms with Crippen molar-refractivity contribution >= 4 is 24.2 Å². The number of benzene rings is 2. The lowest BCUT2D eigenvalue weighted by Gasteiger charge is -2.35. The van der Waals surface area contributed by atoms with Crippen LogP contribution in [0.2, 0.25) is 0 Å². The highest BCUT2D eigenvalue weighted by Crippen LogP contribution is 2.62. The van der Waals surface area contributed by atoms with E-state index in [0.717, 1.165) is 11.3 Å². The maximum atomic E-state index is 11.3. The van der Waals surface area contributed by atoms with Gasteiger partial charge in [0.15, 0.2) is 5.50 Å². The quantitative estimate of drug-likeness (QED) is 0.264. The molecule has 0 saturated heterocycles. The lowest BCUT2D eigenvalue weighted by molar-refractivity contribution is -0.384. The van der Waals surface area contributed by atoms with E-state index in [1.165, 1.54) is 12.1 Å². The summed E-state index contributed by atoms with van der Waals surface area (Å²) in [4.78, 5) is 10.9. The molecular formula is C22H25N2O4P. The second kappa shape index (κ2) is 7.88. The van der Waals surface area contributed by atoms with E-state index in [1.54, 1.807) is 6.07 Å². The number of rotatable bonds is 5. The third kappa shape index (κ3) is 4.28. The van der Waals surface area contributed by atoms with Gasteiger partial charge in [0.1, 0.15) is 11.5 Å². The smallest absolute Gasteiger partial charge is 0.271 e. The molecule has 0 saturated carbocycles. The lowest BCUT2D eigenvalue weighted by Crippen LogP contribution is -2.26. The van der Waals surface area contributed by atoms with Crippen LogP contribution in [-0.2, 0) is 0 Å². The zero-order valence-corrected chi connectivity index (χ0v) is 18.1. The van der Waals surface area contributed by atoms with Crippen LogP contribution in [-0.4, -0.2) is 10.1 Å². The Morgan fingerprint density at radius 3 is 2.28 bits per heavy atom. The number of nitrogens with zero attached hydrogens (tertiary/aromatic N) is 2. The molecular weight excluding hydrogens is 387 g/mol. The van der Waals surface area contributed by atoms with Gasteiger partial charge in [0.25, 0.3) is 5.69 Å². The first kappa shape index (κ1) is 20.9. The maximum Gasteiger partial charge on any atom is 0.271 e. The highest BCUT2D eigenvalue weighted by atomic mass is 31.2. The molecule has 0 amide bonds. The van der Waals surface area contributed by atoms with Crippen molar-refractivity contribution in [3.63, 3.8) is 0 Å². The van der Waals surface area contributed by atoms with Gasteiger partial charge in [-0.3, -0.25) is 10.1 Å². The molecule has 0 unspecified atom stereocenters. The van der Waals surface area contributed by atoms with Crippen molar-refractivity contribution in [2.75, 3.05) is 0 Å². The Morgan fingerprint density at radius 2 is 1.72 bits per heavy atom. The summed E-state index contributed by atoms with van der Waals surface area (Å²) in [6, 6.07) is 18.0. The van der Waals surface area contributed by atoms with E-state index in [-0.39, 0.29) is 5.69 Å². The molecule has 0 aliphatic carbocycles. The van der Waals surface area contributed by atoms with Crippen LogP contribution in [0.4, 0.5) is 11.4 Å². The van der Waals surface area contributed by atoms with Gasteiger partial charge < -0.3 is 8.94 Å². The van der Waals surface area contributed by atoms with E-state index in [0.29, 0.717) is 16.9 Å². The first-order valence-corrected chi connectivity index (χ1v) is 11.0. The first-order valence-electron chi connectivity index (χ1n) is 9.31. The van der Waals surface area contributed by atoms with Crippen LogP contribution in [0.1, 0.15) is 32.1 Å². The summed E-state index contributed by atoms with van der Waals surface area (Å²) in [5.74, 6) is 1.44. The molecule has 7 heteroatoms. The predicted octanol–water partition coefficient (Wildman–Crippen LogP) is 6.76. The van der Waals surface area contributed by atoms with E-state index < -0.39 is 17.4 Å². The topological polar surface area (TPSA) is 77.9 Å². The van der Waals surface area contributed by atoms with Gasteiger partial charge in [0, 0.05) is 17.3 Å². The number of furan rings is 1. The number of nitro benzene ring substituents is 1. The van der Waals surface area contributed by atoms with Crippen LogP contribution in [0.5, 0.6) is 5.75 Å². The molecule has 1 aromatic heterocycles. The summed E-state index contributed by atoms with van der Waals surface area (Å²) < 4.78 is 17.7. The number of hydrogen-bond acceptors (Lipinski definition) is 5. The molecule has 0 N–H and O–H groups in total. The van der Waals surface area contributed by atoms with Gasteiger partial charge in [-0.15, -0.1) is 0 Å². The Balaban J connectivity index is 2.34. The van der Waals surface area contributed by atoms with E-state index in [2.05, 4.69) is 20.8 Å². The molecule has 152 valence electrons. The first-order chi connectivity index (χ1) is 13.6. The van der Waals surface area contributed by atoms with Crippen molar-refractivity contribution in [2.24, 2.45) is 4.74 Å². The summed E-state index contributed by atoms with van der Waals surface area (Å²) in [6.07, 6.45) is 0. The minimum absolute atomic E-state index is 0.00306. The molecule has 3 aromatic rings. The largest absolute Gasteiger partial charge is 0.457 e. The van der Waals surface area contributed by atoms with E-state index in [4.69, 9.17) is 13.7 Å². The third-order valence-corrected chi connectivity index (χ3v) is 8.20. The molecule has 1 atom stereocenters. The molecule has 29 heavy (non-hydrogen) atoms. The van der Waals surface area contributed by atoms with Gasteiger partial charge in [-0.1, -0.05) is 45.0 Å². The highest BCUT2D eigenvalue weighted by molar-refractivity contribution is 7.70. The Morgan fingerprint density at radius 1 is 1.03 bits per heavy atom. The Labute approximate surface area is 170 Å². The third-order valence-electron chi connectivity index (χ3n) is 4.57. The Bertz CT molecular complexity index is 1080. The minimum Gasteiger partial charge on any atom is -0.457 e. The normalized spacial score (nSPS) is 13.6. The molecule has 1 heterocycles. The standard InChI is InChI=1S/C22H25N2O4P/c1-16-11-13-18(24(25)26)15-20(16)23-29(22(3,4)5,21-14-12-17(2)27-21)28-19-9-7-6-8-10-19/h6-15H,1-5H3/t29-/m1/s1. The van der Waals surface area contributed by atoms with Crippen molar-refractivity contribution in [1.82, 2.24) is 0 Å². The van der Waals surface area contributed by atoms with Crippen LogP contribution < -0.4 is 10.0 Å². The van der Waals surface area contributed by atoms with Gasteiger partial charge >= 0.3 is 0 Å². The van der Waals surface area contributed by atoms with Crippen LogP contribution in [0.25, 0.3) is 0 Å². The van der Waals surface area contributed by atoms with Crippen molar-refractivity contribution in [1.29, 1.82) is 0 Å². The second-order valence-electron chi connectivity index (χ2n) is 7.86. The lowest BCUT2D eigenvalue weighted by atomic mass is 10.2. The van der Waals surface area contributed by atoms with Gasteiger partial charge in [-0.05, 0) is 43.7 Å². The highest BCUT2D eigenvalue weighted by Gasteiger charge is 2.41. The molecule has 3 rings (SSSR count). The summed E-state index contributed by atoms with van der Waals surface area (Å²) in [6.45, 7) is 9.92. The number of aryl methyl sites for hydroxylation is 2. The fourth-order valence-corrected chi connectivity index (χ4v) is 5.88. The maximum absolute atomic E-state index is 11.3. The molecule has 0 fully saturated rings. The SMILES string of the molecule is Cc1ccc([P@@](=Nc2cc([N+](=O)[O-])ccc2C)(Oc2ccccc2)C(C)(C)C)o1. The van der Waals surface area contributed by atoms with Gasteiger partial charge in [0.2, 0.25) is 7.28 Å². The molecule has 0 bridgehead atoms. The Kier molecular flexibility index (Phi) is 5.67. The zero-order valence-electron chi connectivity index (χ0n) is 17.2. The number of nitro groups is 1. The average Bonchev–Trinajstić information content (AvgIpc) is 3.09. The van der Waals surface area contributed by atoms with Crippen LogP contribution in [0.15, 0.2) is 69.8 Å². The molecule has 0 aliphatic rings. The fourth-order valence-electron chi connectivity index (χ4n) is 2.92. The molecule has 0 spiro atoms. The summed E-state index contributed by atoms with van der Waals surface area (Å²) in [5, 5.41) is 10.9. The van der Waals surface area contributed by atoms with Gasteiger partial charge in [-0.25, -0.2) is 4.74 Å². The van der Waals surface area contributed by atoms with Crippen LogP contribution in [0, 0.1) is 24.0 Å². The van der Waals surface area contributed by atoms with Crippen molar-refractivity contribution in [3.05, 3.63) is 82.1 Å². The van der Waals surface area contributed by atoms with Crippen LogP contribution >= 0.6 is 7.28 Å². The number of hydrogen-bond donors (Lipinski definition) is 0. The summed E-state index contributed by atoms with van der Waals surface area (Å²) in [5.41, 5.74) is 2.02. The van der Waals surface area contributed by atoms with E-state index >= 15 is 0 Å². The molecule has 2 aromatic carbocycles. The monoisotopic (exact) mass is 412 g/mol. The summed E-state index contributed by atoms with van der Waals surface area (Å²) >= 11 is 0. The van der Waals surface area contributed by atoms with Crippen molar-refractivity contribution < 1.29 is 13.9 Å². The zero-order chi connectivity index (χ0) is 21.2. The van der Waals surface area contributed by atoms with Gasteiger partial charge in [-0.2, -0.15) is 0 Å². The molecule has 0 radical (unpaired) electrons. The molecule has 6 nitrogen and oxygen atoms in total. The minimum atomic E-state index is -2.80. The van der Waals surface area contributed by atoms with E-state index in [1.807, 2.05) is 56.3 Å². The van der Waals surface area contributed by atoms with E-state index in [9.17, 15) is 10.1 Å². The Hall–Kier alpha value is -2.85. The predicted molar refractivity (Wildman–Crippen MR) is 117 cm³/mol. The fraction of sp³-hybridized carbons (Fsp3) is 0.273. The second-order valence-corrected chi connectivity index (χ2v) is 11.2.